The highest BCUT2D eigenvalue weighted by Crippen LogP contribution is 2.01. The molecule has 2 rings (SSSR count). The number of rotatable bonds is 8. The summed E-state index contributed by atoms with van der Waals surface area (Å²) in [6, 6.07) is 19.3. The lowest BCUT2D eigenvalue weighted by molar-refractivity contribution is -0.139. The molecule has 0 aliphatic heterocycles. The van der Waals surface area contributed by atoms with Gasteiger partial charge in [0.15, 0.2) is 0 Å². The lowest BCUT2D eigenvalue weighted by atomic mass is 10.2. The minimum atomic E-state index is -0.598. The number of carbonyl (C=O) groups is 2. The molecule has 0 bridgehead atoms. The molecular formula is C22H20O4. The Hall–Kier alpha value is -3.40. The summed E-state index contributed by atoms with van der Waals surface area (Å²) in [6.45, 7) is 0.264. The first kappa shape index (κ1) is 18.9. The van der Waals surface area contributed by atoms with Crippen LogP contribution in [-0.4, -0.2) is 25.2 Å². The first-order chi connectivity index (χ1) is 12.7. The van der Waals surface area contributed by atoms with E-state index in [9.17, 15) is 9.59 Å². The second-order valence-corrected chi connectivity index (χ2v) is 5.22. The number of benzene rings is 2. The molecule has 0 heterocycles. The van der Waals surface area contributed by atoms with Crippen LogP contribution in [0.3, 0.4) is 0 Å². The molecule has 0 fully saturated rings. The van der Waals surface area contributed by atoms with Gasteiger partial charge in [-0.3, -0.25) is 0 Å². The summed E-state index contributed by atoms with van der Waals surface area (Å²) >= 11 is 0. The van der Waals surface area contributed by atoms with Crippen molar-refractivity contribution in [2.75, 3.05) is 13.2 Å². The van der Waals surface area contributed by atoms with Gasteiger partial charge in [-0.15, -0.1) is 0 Å². The maximum absolute atomic E-state index is 11.5. The van der Waals surface area contributed by atoms with Crippen LogP contribution in [0, 0.1) is 0 Å². The van der Waals surface area contributed by atoms with Crippen molar-refractivity contribution < 1.29 is 19.1 Å². The number of ether oxygens (including phenoxy) is 2. The van der Waals surface area contributed by atoms with Crippen LogP contribution in [0.1, 0.15) is 11.1 Å². The summed E-state index contributed by atoms with van der Waals surface area (Å²) in [5, 5.41) is 0. The molecule has 0 amide bonds. The van der Waals surface area contributed by atoms with E-state index in [1.165, 1.54) is 0 Å². The van der Waals surface area contributed by atoms with E-state index in [0.29, 0.717) is 0 Å². The van der Waals surface area contributed by atoms with Crippen molar-refractivity contribution in [2.24, 2.45) is 0 Å². The first-order valence-corrected chi connectivity index (χ1v) is 8.19. The van der Waals surface area contributed by atoms with Gasteiger partial charge in [0.25, 0.3) is 0 Å². The minimum Gasteiger partial charge on any atom is -0.458 e. The standard InChI is InChI=1S/C22H20O4/c23-21(25-17-7-13-19-9-3-1-4-10-19)15-16-22(24)26-18-8-14-20-11-5-2-6-12-20/h1-16H,17-18H2/b13-7+,14-8+,16-15-. The van der Waals surface area contributed by atoms with Gasteiger partial charge in [0.1, 0.15) is 13.2 Å². The fourth-order valence-electron chi connectivity index (χ4n) is 1.99. The second kappa shape index (κ2) is 11.2. The van der Waals surface area contributed by atoms with E-state index in [0.717, 1.165) is 23.3 Å². The quantitative estimate of drug-likeness (QED) is 0.533. The molecule has 0 aromatic heterocycles. The summed E-state index contributed by atoms with van der Waals surface area (Å²) in [4.78, 5) is 23.0. The van der Waals surface area contributed by atoms with Crippen molar-refractivity contribution in [3.63, 3.8) is 0 Å². The molecule has 0 radical (unpaired) electrons. The van der Waals surface area contributed by atoms with Gasteiger partial charge in [-0.2, -0.15) is 0 Å². The monoisotopic (exact) mass is 348 g/mol. The first-order valence-electron chi connectivity index (χ1n) is 8.19. The molecule has 4 nitrogen and oxygen atoms in total. The summed E-state index contributed by atoms with van der Waals surface area (Å²) in [7, 11) is 0. The van der Waals surface area contributed by atoms with Gasteiger partial charge in [0.2, 0.25) is 0 Å². The number of carbonyl (C=O) groups excluding carboxylic acids is 2. The summed E-state index contributed by atoms with van der Waals surface area (Å²) in [5.41, 5.74) is 2.04. The Balaban J connectivity index is 1.63. The fourth-order valence-corrected chi connectivity index (χ4v) is 1.99. The normalized spacial score (nSPS) is 11.2. The third-order valence-corrected chi connectivity index (χ3v) is 3.22. The van der Waals surface area contributed by atoms with Gasteiger partial charge in [-0.25, -0.2) is 9.59 Å². The second-order valence-electron chi connectivity index (χ2n) is 5.22. The topological polar surface area (TPSA) is 52.6 Å². The van der Waals surface area contributed by atoms with E-state index < -0.39 is 11.9 Å². The van der Waals surface area contributed by atoms with Crippen molar-refractivity contribution >= 4 is 24.1 Å². The maximum Gasteiger partial charge on any atom is 0.331 e. The molecule has 0 spiro atoms. The highest BCUT2D eigenvalue weighted by molar-refractivity contribution is 5.91. The zero-order chi connectivity index (χ0) is 18.5. The largest absolute Gasteiger partial charge is 0.458 e. The maximum atomic E-state index is 11.5. The Bertz CT molecular complexity index is 707. The Labute approximate surface area is 153 Å². The molecule has 0 atom stereocenters. The van der Waals surface area contributed by atoms with Gasteiger partial charge in [-0.1, -0.05) is 72.8 Å². The average Bonchev–Trinajstić information content (AvgIpc) is 2.68. The molecule has 26 heavy (non-hydrogen) atoms. The van der Waals surface area contributed by atoms with Crippen LogP contribution >= 0.6 is 0 Å². The van der Waals surface area contributed by atoms with Gasteiger partial charge in [0, 0.05) is 12.2 Å². The molecule has 0 unspecified atom stereocenters. The molecular weight excluding hydrogens is 328 g/mol. The molecule has 0 saturated carbocycles. The van der Waals surface area contributed by atoms with Crippen LogP contribution in [-0.2, 0) is 19.1 Å². The van der Waals surface area contributed by atoms with Crippen molar-refractivity contribution in [1.29, 1.82) is 0 Å². The Morgan fingerprint density at radius 1 is 0.654 bits per heavy atom. The Morgan fingerprint density at radius 2 is 1.04 bits per heavy atom. The molecule has 2 aromatic rings. The minimum absolute atomic E-state index is 0.132. The van der Waals surface area contributed by atoms with Crippen molar-refractivity contribution in [3.8, 4) is 0 Å². The predicted molar refractivity (Wildman–Crippen MR) is 102 cm³/mol. The van der Waals surface area contributed by atoms with Crippen molar-refractivity contribution in [2.45, 2.75) is 0 Å². The van der Waals surface area contributed by atoms with Crippen LogP contribution < -0.4 is 0 Å². The Morgan fingerprint density at radius 3 is 1.42 bits per heavy atom. The predicted octanol–water partition coefficient (Wildman–Crippen LogP) is 4.06. The van der Waals surface area contributed by atoms with Gasteiger partial charge in [0.05, 0.1) is 0 Å². The van der Waals surface area contributed by atoms with E-state index in [1.54, 1.807) is 12.2 Å². The summed E-state index contributed by atoms with van der Waals surface area (Å²) in [5.74, 6) is -1.20. The van der Waals surface area contributed by atoms with E-state index in [-0.39, 0.29) is 13.2 Å². The van der Waals surface area contributed by atoms with E-state index in [2.05, 4.69) is 0 Å². The van der Waals surface area contributed by atoms with Crippen molar-refractivity contribution in [3.05, 3.63) is 96.1 Å². The van der Waals surface area contributed by atoms with E-state index in [4.69, 9.17) is 9.47 Å². The molecule has 0 saturated heterocycles. The smallest absolute Gasteiger partial charge is 0.331 e. The highest BCUT2D eigenvalue weighted by Gasteiger charge is 1.99. The third-order valence-electron chi connectivity index (χ3n) is 3.22. The van der Waals surface area contributed by atoms with Gasteiger partial charge >= 0.3 is 11.9 Å². The zero-order valence-electron chi connectivity index (χ0n) is 14.3. The molecule has 0 N–H and O–H groups in total. The molecule has 2 aromatic carbocycles. The van der Waals surface area contributed by atoms with Crippen LogP contribution in [0.4, 0.5) is 0 Å². The van der Waals surface area contributed by atoms with Gasteiger partial charge < -0.3 is 9.47 Å². The summed E-state index contributed by atoms with van der Waals surface area (Å²) < 4.78 is 9.93. The van der Waals surface area contributed by atoms with Crippen LogP contribution in [0.2, 0.25) is 0 Å². The summed E-state index contributed by atoms with van der Waals surface area (Å²) in [6.07, 6.45) is 9.27. The lowest BCUT2D eigenvalue weighted by Gasteiger charge is -1.98. The lowest BCUT2D eigenvalue weighted by Crippen LogP contribution is -2.04. The van der Waals surface area contributed by atoms with Crippen LogP contribution in [0.5, 0.6) is 0 Å². The molecule has 132 valence electrons. The third kappa shape index (κ3) is 7.93. The van der Waals surface area contributed by atoms with Crippen LogP contribution in [0.25, 0.3) is 12.2 Å². The zero-order valence-corrected chi connectivity index (χ0v) is 14.3. The SMILES string of the molecule is O=C(/C=C\C(=O)OC/C=C/c1ccccc1)OC/C=C/c1ccccc1. The number of hydrogen-bond donors (Lipinski definition) is 0. The molecule has 4 heteroatoms. The van der Waals surface area contributed by atoms with Crippen LogP contribution in [0.15, 0.2) is 85.0 Å². The number of hydrogen-bond acceptors (Lipinski definition) is 4. The number of esters is 2. The van der Waals surface area contributed by atoms with Crippen molar-refractivity contribution in [1.82, 2.24) is 0 Å². The average molecular weight is 348 g/mol. The Kier molecular flexibility index (Phi) is 8.16. The van der Waals surface area contributed by atoms with E-state index in [1.807, 2.05) is 72.8 Å². The van der Waals surface area contributed by atoms with Gasteiger partial charge in [-0.05, 0) is 23.3 Å². The molecule has 0 aliphatic carbocycles. The highest BCUT2D eigenvalue weighted by atomic mass is 16.5. The fraction of sp³-hybridized carbons (Fsp3) is 0.0909. The van der Waals surface area contributed by atoms with E-state index >= 15 is 0 Å². The molecule has 0 aliphatic rings.